The molecule has 4 aliphatic heterocycles. The first-order valence-electron chi connectivity index (χ1n) is 20.9. The van der Waals surface area contributed by atoms with Crippen molar-refractivity contribution in [3.8, 4) is 6.07 Å². The molecule has 10 atom stereocenters. The average molecular weight is 998 g/mol. The third kappa shape index (κ3) is 9.22. The fourth-order valence-corrected chi connectivity index (χ4v) is 11.6. The van der Waals surface area contributed by atoms with Crippen molar-refractivity contribution >= 4 is 73.0 Å². The minimum absolute atomic E-state index is 0.00385. The Morgan fingerprint density at radius 2 is 1.85 bits per heavy atom. The Hall–Kier alpha value is -5.48. The Labute approximate surface area is 389 Å². The van der Waals surface area contributed by atoms with Crippen molar-refractivity contribution in [3.63, 3.8) is 0 Å². The zero-order valence-electron chi connectivity index (χ0n) is 36.1. The van der Waals surface area contributed by atoms with Gasteiger partial charge in [-0.15, -0.1) is 0 Å². The fourth-order valence-electron chi connectivity index (χ4n) is 7.86. The monoisotopic (exact) mass is 997 g/mol. The molecule has 8 heterocycles. The number of benzene rings is 1. The Morgan fingerprint density at radius 3 is 2.62 bits per heavy atom. The number of nitrogens with one attached hydrogen (secondary N) is 3. The lowest BCUT2D eigenvalue weighted by molar-refractivity contribution is -0.184. The number of phosphoric ester groups is 2. The van der Waals surface area contributed by atoms with Gasteiger partial charge in [0.25, 0.3) is 11.5 Å². The van der Waals surface area contributed by atoms with E-state index in [2.05, 4.69) is 44.8 Å². The maximum Gasteiger partial charge on any atom is 0.475 e. The van der Waals surface area contributed by atoms with Gasteiger partial charge >= 0.3 is 15.6 Å². The first-order chi connectivity index (χ1) is 32.8. The summed E-state index contributed by atoms with van der Waals surface area (Å²) in [4.78, 5) is 62.5. The summed E-state index contributed by atoms with van der Waals surface area (Å²) < 4.78 is 97.1. The second-order valence-corrected chi connectivity index (χ2v) is 19.9. The first kappa shape index (κ1) is 47.6. The molecule has 0 radical (unpaired) electrons. The zero-order valence-corrected chi connectivity index (χ0v) is 38.7. The number of fused-ring (bicyclic) bond motifs is 4. The Bertz CT molecular complexity index is 2960. The highest BCUT2D eigenvalue weighted by Gasteiger charge is 2.66. The number of hydrogen-bond acceptors (Lipinski definition) is 22. The summed E-state index contributed by atoms with van der Waals surface area (Å²) in [5, 5.41) is 14.7. The van der Waals surface area contributed by atoms with E-state index in [0.29, 0.717) is 5.56 Å². The molecule has 4 fully saturated rings. The summed E-state index contributed by atoms with van der Waals surface area (Å²) >= 11 is 0.796. The number of nitrogens with zero attached hydrogens (tertiary/aromatic N) is 8. The smallest absolute Gasteiger partial charge is 0.376 e. The van der Waals surface area contributed by atoms with Crippen LogP contribution < -0.4 is 16.2 Å². The van der Waals surface area contributed by atoms with E-state index in [-0.39, 0.29) is 58.4 Å². The molecule has 5 aromatic rings. The number of ether oxygens (including phenoxy) is 4. The Balaban J connectivity index is 1.09. The highest BCUT2D eigenvalue weighted by molar-refractivity contribution is 7.48. The van der Waals surface area contributed by atoms with Crippen LogP contribution in [-0.2, 0) is 60.0 Å². The standard InChI is InChI=1S/C39H41N11O15P2S/c1-20(2)34(51)47-38-45-23-24(36(53)48-38)49-68-30(23)28-27-26(56-4)22(62-28)15-60-66(54,59-14-12-41-3)65-31-29-37(63-39(31,16-57-29)17-61-67(55,64-27)58-13-8-11-40)50-19-44-25-32(42-18-43-33(25)50)46-35(52)21-9-6-5-7-10-21/h5-7,9-10,18-20,22,26-29,31,37H,8,12-17H2,1-2,4H3,(H,42,43,46,52)(H2,45,47,48,51,53)/t22-,26-,27-,28-,29-,31+,37-,39-,66?,67?/m1/s1. The van der Waals surface area contributed by atoms with E-state index >= 15 is 4.57 Å². The molecule has 3 N–H and O–H groups in total. The van der Waals surface area contributed by atoms with E-state index in [0.717, 1.165) is 11.5 Å². The Kier molecular flexibility index (Phi) is 13.6. The molecule has 4 aromatic heterocycles. The van der Waals surface area contributed by atoms with E-state index in [1.54, 1.807) is 44.2 Å². The third-order valence-corrected chi connectivity index (χ3v) is 14.9. The van der Waals surface area contributed by atoms with Gasteiger partial charge in [-0.05, 0) is 23.7 Å². The number of phosphoric acid groups is 2. The maximum absolute atomic E-state index is 15.1. The van der Waals surface area contributed by atoms with Crippen molar-refractivity contribution in [2.45, 2.75) is 68.7 Å². The number of aromatic amines is 1. The van der Waals surface area contributed by atoms with Gasteiger partial charge in [0.15, 0.2) is 28.7 Å². The fraction of sp³-hybridized carbons (Fsp3) is 0.487. The van der Waals surface area contributed by atoms with E-state index in [1.807, 2.05) is 6.07 Å². The zero-order chi connectivity index (χ0) is 47.8. The van der Waals surface area contributed by atoms with Crippen LogP contribution in [0.5, 0.6) is 0 Å². The molecule has 9 rings (SSSR count). The van der Waals surface area contributed by atoms with Crippen LogP contribution in [0.4, 0.5) is 11.8 Å². The van der Waals surface area contributed by atoms with Crippen molar-refractivity contribution in [3.05, 3.63) is 75.2 Å². The molecule has 0 spiro atoms. The van der Waals surface area contributed by atoms with Crippen molar-refractivity contribution in [2.24, 2.45) is 5.92 Å². The summed E-state index contributed by atoms with van der Waals surface area (Å²) in [6.07, 6.45) is -6.59. The van der Waals surface area contributed by atoms with Gasteiger partial charge in [-0.2, -0.15) is 9.64 Å². The SMILES string of the molecule is [C-]#[N+]CCOP1(=O)OC[C@H]2O[C@@H](c3snc4c(=O)[nH]c(NC(=O)C(C)C)nc34)[C@H](OP(=O)(OCCC#N)OC[C@@]34CO[C@@H]([C@H](n5cnc6c(NC(=O)c7ccccc7)ncnc65)O3)[C@@H]4O1)[C@@H]2OC. The molecule has 0 aliphatic carbocycles. The number of rotatable bonds is 13. The number of amides is 2. The lowest BCUT2D eigenvalue weighted by atomic mass is 10.0. The van der Waals surface area contributed by atoms with Crippen LogP contribution >= 0.6 is 27.2 Å². The molecule has 4 aliphatic rings. The van der Waals surface area contributed by atoms with Gasteiger partial charge < -0.3 is 29.1 Å². The Morgan fingerprint density at radius 1 is 1.06 bits per heavy atom. The van der Waals surface area contributed by atoms with Crippen LogP contribution in [0.3, 0.4) is 0 Å². The molecule has 4 bridgehead atoms. The van der Waals surface area contributed by atoms with Crippen LogP contribution in [0.25, 0.3) is 27.0 Å². The summed E-state index contributed by atoms with van der Waals surface area (Å²) in [5.74, 6) is -1.45. The van der Waals surface area contributed by atoms with Gasteiger partial charge in [0.05, 0.1) is 50.1 Å². The number of methoxy groups -OCH3 is 1. The van der Waals surface area contributed by atoms with Crippen molar-refractivity contribution in [1.29, 1.82) is 5.26 Å². The van der Waals surface area contributed by atoms with Crippen molar-refractivity contribution in [2.75, 3.05) is 57.3 Å². The number of carbonyl (C=O) groups excluding carboxylic acids is 2. The number of imidazole rings is 1. The molecular weight excluding hydrogens is 957 g/mol. The predicted molar refractivity (Wildman–Crippen MR) is 233 cm³/mol. The molecule has 2 unspecified atom stereocenters. The largest absolute Gasteiger partial charge is 0.475 e. The topological polar surface area (TPSA) is 315 Å². The molecule has 29 heteroatoms. The van der Waals surface area contributed by atoms with E-state index in [4.69, 9.17) is 52.7 Å². The van der Waals surface area contributed by atoms with Crippen LogP contribution in [-0.4, -0.2) is 128 Å². The molecule has 26 nitrogen and oxygen atoms in total. The number of anilines is 2. The lowest BCUT2D eigenvalue weighted by Crippen LogP contribution is -2.46. The highest BCUT2D eigenvalue weighted by atomic mass is 32.1. The summed E-state index contributed by atoms with van der Waals surface area (Å²) in [7, 11) is -8.35. The summed E-state index contributed by atoms with van der Waals surface area (Å²) in [6.45, 7) is 7.97. The summed E-state index contributed by atoms with van der Waals surface area (Å²) in [6, 6.07) is 10.4. The van der Waals surface area contributed by atoms with Gasteiger partial charge in [0.1, 0.15) is 60.7 Å². The van der Waals surface area contributed by atoms with Gasteiger partial charge in [-0.3, -0.25) is 56.4 Å². The molecule has 4 saturated heterocycles. The quantitative estimate of drug-likeness (QED) is 0.0849. The van der Waals surface area contributed by atoms with E-state index in [9.17, 15) is 24.2 Å². The molecule has 1 aromatic carbocycles. The second-order valence-electron chi connectivity index (χ2n) is 15.8. The number of nitriles is 1. The first-order valence-corrected chi connectivity index (χ1v) is 24.5. The summed E-state index contributed by atoms with van der Waals surface area (Å²) in [5.41, 5.74) is -1.87. The van der Waals surface area contributed by atoms with Crippen molar-refractivity contribution in [1.82, 2.24) is 33.9 Å². The normalized spacial score (nSPS) is 30.2. The van der Waals surface area contributed by atoms with E-state index < -0.39 is 114 Å². The highest BCUT2D eigenvalue weighted by Crippen LogP contribution is 2.62. The van der Waals surface area contributed by atoms with Crippen LogP contribution in [0.15, 0.2) is 47.8 Å². The second kappa shape index (κ2) is 19.5. The molecule has 358 valence electrons. The minimum Gasteiger partial charge on any atom is -0.376 e. The molecule has 0 saturated carbocycles. The number of aromatic nitrogens is 7. The van der Waals surface area contributed by atoms with Crippen molar-refractivity contribution < 1.29 is 64.8 Å². The van der Waals surface area contributed by atoms with Gasteiger partial charge in [0.2, 0.25) is 18.4 Å². The number of H-pyrrole nitrogens is 1. The van der Waals surface area contributed by atoms with Crippen LogP contribution in [0.1, 0.15) is 47.8 Å². The molecule has 68 heavy (non-hydrogen) atoms. The average Bonchev–Trinajstić information content (AvgIpc) is 4.15. The molecule has 2 amide bonds. The lowest BCUT2D eigenvalue weighted by Gasteiger charge is -2.33. The van der Waals surface area contributed by atoms with Crippen LogP contribution in [0, 0.1) is 23.8 Å². The minimum atomic E-state index is -4.88. The van der Waals surface area contributed by atoms with Gasteiger partial charge in [-0.1, -0.05) is 32.0 Å². The predicted octanol–water partition coefficient (Wildman–Crippen LogP) is 4.09. The third-order valence-electron chi connectivity index (χ3n) is 11.1. The van der Waals surface area contributed by atoms with Crippen LogP contribution in [0.2, 0.25) is 0 Å². The maximum atomic E-state index is 15.1. The van der Waals surface area contributed by atoms with E-state index in [1.165, 1.54) is 24.3 Å². The number of hydrogen-bond donors (Lipinski definition) is 3. The number of carbonyl (C=O) groups is 2. The molecular formula is C39H41N11O15P2S. The van der Waals surface area contributed by atoms with Gasteiger partial charge in [0, 0.05) is 18.6 Å². The van der Waals surface area contributed by atoms with Gasteiger partial charge in [-0.25, -0.2) is 35.6 Å².